The van der Waals surface area contributed by atoms with Gasteiger partial charge in [0.15, 0.2) is 5.72 Å². The summed E-state index contributed by atoms with van der Waals surface area (Å²) < 4.78 is 8.30. The Hall–Kier alpha value is -2.42. The number of rotatable bonds is 0. The molecule has 0 aliphatic carbocycles. The maximum absolute atomic E-state index is 9.75. The van der Waals surface area contributed by atoms with Gasteiger partial charge in [0.2, 0.25) is 0 Å². The fraction of sp³-hybridized carbons (Fsp3) is 0.176. The Kier molecular flexibility index (Phi) is 2.04. The Morgan fingerprint density at radius 1 is 1.05 bits per heavy atom. The highest BCUT2D eigenvalue weighted by Crippen LogP contribution is 2.45. The Labute approximate surface area is 117 Å². The molecular weight excluding hydrogens is 250 g/mol. The van der Waals surface area contributed by atoms with Crippen molar-refractivity contribution in [2.45, 2.75) is 19.6 Å². The number of aromatic hydroxyl groups is 1. The van der Waals surface area contributed by atoms with Gasteiger partial charge >= 0.3 is 0 Å². The normalized spacial score (nSPS) is 15.5. The van der Waals surface area contributed by atoms with Crippen LogP contribution >= 0.6 is 0 Å². The average molecular weight is 265 g/mol. The largest absolute Gasteiger partial charge is 0.508 e. The molecule has 1 N–H and O–H groups in total. The molecule has 0 bridgehead atoms. The third kappa shape index (κ3) is 1.40. The van der Waals surface area contributed by atoms with Crippen LogP contribution in [0, 0.1) is 0 Å². The van der Waals surface area contributed by atoms with Crippen LogP contribution in [0.3, 0.4) is 0 Å². The molecule has 0 saturated carbocycles. The quantitative estimate of drug-likeness (QED) is 0.664. The summed E-state index contributed by atoms with van der Waals surface area (Å²) >= 11 is 0. The van der Waals surface area contributed by atoms with E-state index in [9.17, 15) is 5.11 Å². The lowest BCUT2D eigenvalue weighted by molar-refractivity contribution is 0.0312. The van der Waals surface area contributed by atoms with Gasteiger partial charge in [0.1, 0.15) is 11.5 Å². The molecule has 3 heteroatoms. The van der Waals surface area contributed by atoms with Crippen LogP contribution in [0.15, 0.2) is 48.5 Å². The Bertz CT molecular complexity index is 830. The second kappa shape index (κ2) is 3.57. The number of hydrogen-bond acceptors (Lipinski definition) is 2. The first kappa shape index (κ1) is 11.4. The van der Waals surface area contributed by atoms with Crippen LogP contribution in [0.1, 0.15) is 13.8 Å². The first-order valence-corrected chi connectivity index (χ1v) is 6.70. The molecule has 3 aromatic rings. The molecule has 0 fully saturated rings. The van der Waals surface area contributed by atoms with Crippen molar-refractivity contribution in [3.63, 3.8) is 0 Å². The Morgan fingerprint density at radius 3 is 2.70 bits per heavy atom. The summed E-state index contributed by atoms with van der Waals surface area (Å²) in [5.41, 5.74) is 2.69. The number of hydrogen-bond donors (Lipinski definition) is 1. The molecule has 100 valence electrons. The first-order chi connectivity index (χ1) is 9.56. The maximum atomic E-state index is 9.75. The summed E-state index contributed by atoms with van der Waals surface area (Å²) in [6.07, 6.45) is 0. The van der Waals surface area contributed by atoms with Crippen LogP contribution in [-0.4, -0.2) is 9.67 Å². The topological polar surface area (TPSA) is 34.4 Å². The van der Waals surface area contributed by atoms with Gasteiger partial charge in [-0.1, -0.05) is 18.2 Å². The molecule has 2 heterocycles. The molecule has 1 aromatic heterocycles. The summed E-state index contributed by atoms with van der Waals surface area (Å²) in [5, 5.41) is 10.9. The molecular formula is C17H15NO2. The lowest BCUT2D eigenvalue weighted by Gasteiger charge is -2.36. The van der Waals surface area contributed by atoms with Gasteiger partial charge in [0.25, 0.3) is 0 Å². The first-order valence-electron chi connectivity index (χ1n) is 6.70. The zero-order chi connectivity index (χ0) is 13.9. The second-order valence-corrected chi connectivity index (χ2v) is 5.65. The number of phenolic OH excluding ortho intramolecular Hbond substituents is 1. The maximum Gasteiger partial charge on any atom is 0.181 e. The van der Waals surface area contributed by atoms with E-state index in [0.717, 1.165) is 22.5 Å². The number of para-hydroxylation sites is 1. The molecule has 0 spiro atoms. The summed E-state index contributed by atoms with van der Waals surface area (Å²) in [6, 6.07) is 15.7. The number of aromatic nitrogens is 1. The zero-order valence-corrected chi connectivity index (χ0v) is 11.4. The van der Waals surface area contributed by atoms with E-state index in [2.05, 4.69) is 36.6 Å². The van der Waals surface area contributed by atoms with Gasteiger partial charge in [-0.15, -0.1) is 0 Å². The third-order valence-electron chi connectivity index (χ3n) is 3.85. The highest BCUT2D eigenvalue weighted by atomic mass is 16.5. The van der Waals surface area contributed by atoms with Crippen LogP contribution in [0.4, 0.5) is 0 Å². The van der Waals surface area contributed by atoms with Crippen molar-refractivity contribution in [2.75, 3.05) is 0 Å². The molecule has 0 unspecified atom stereocenters. The molecule has 0 atom stereocenters. The number of phenols is 1. The smallest absolute Gasteiger partial charge is 0.181 e. The van der Waals surface area contributed by atoms with Gasteiger partial charge in [0, 0.05) is 10.9 Å². The Morgan fingerprint density at radius 2 is 1.85 bits per heavy atom. The molecule has 4 rings (SSSR count). The molecule has 0 saturated heterocycles. The summed E-state index contributed by atoms with van der Waals surface area (Å²) in [4.78, 5) is 0. The van der Waals surface area contributed by atoms with Crippen molar-refractivity contribution in [3.05, 3.63) is 48.5 Å². The summed E-state index contributed by atoms with van der Waals surface area (Å²) in [5.74, 6) is 1.06. The fourth-order valence-corrected chi connectivity index (χ4v) is 3.06. The Balaban J connectivity index is 2.14. The van der Waals surface area contributed by atoms with Crippen LogP contribution < -0.4 is 4.74 Å². The van der Waals surface area contributed by atoms with Gasteiger partial charge in [-0.2, -0.15) is 0 Å². The van der Waals surface area contributed by atoms with Crippen LogP contribution in [0.2, 0.25) is 0 Å². The molecule has 1 aliphatic rings. The van der Waals surface area contributed by atoms with E-state index in [1.807, 2.05) is 18.2 Å². The zero-order valence-electron chi connectivity index (χ0n) is 11.4. The second-order valence-electron chi connectivity index (χ2n) is 5.65. The highest BCUT2D eigenvalue weighted by molar-refractivity contribution is 5.89. The predicted molar refractivity (Wildman–Crippen MR) is 79.0 cm³/mol. The highest BCUT2D eigenvalue weighted by Gasteiger charge is 2.33. The van der Waals surface area contributed by atoms with E-state index in [1.54, 1.807) is 12.1 Å². The molecule has 20 heavy (non-hydrogen) atoms. The van der Waals surface area contributed by atoms with Crippen molar-refractivity contribution in [1.82, 2.24) is 4.57 Å². The summed E-state index contributed by atoms with van der Waals surface area (Å²) in [6.45, 7) is 4.11. The van der Waals surface area contributed by atoms with E-state index in [4.69, 9.17) is 4.74 Å². The van der Waals surface area contributed by atoms with E-state index < -0.39 is 5.72 Å². The van der Waals surface area contributed by atoms with Crippen molar-refractivity contribution in [3.8, 4) is 22.8 Å². The van der Waals surface area contributed by atoms with Crippen molar-refractivity contribution in [2.24, 2.45) is 0 Å². The van der Waals surface area contributed by atoms with Crippen LogP contribution in [0.5, 0.6) is 11.5 Å². The van der Waals surface area contributed by atoms with Crippen molar-refractivity contribution < 1.29 is 9.84 Å². The van der Waals surface area contributed by atoms with Crippen LogP contribution in [-0.2, 0) is 5.72 Å². The van der Waals surface area contributed by atoms with Gasteiger partial charge in [0.05, 0.1) is 11.2 Å². The molecule has 3 nitrogen and oxygen atoms in total. The average Bonchev–Trinajstić information content (AvgIpc) is 2.80. The van der Waals surface area contributed by atoms with Crippen molar-refractivity contribution in [1.29, 1.82) is 0 Å². The SMILES string of the molecule is CC1(C)Oc2ccc(O)cc2-c2cc3ccccc3n21. The minimum Gasteiger partial charge on any atom is -0.508 e. The fourth-order valence-electron chi connectivity index (χ4n) is 3.06. The molecule has 1 aliphatic heterocycles. The third-order valence-corrected chi connectivity index (χ3v) is 3.85. The van der Waals surface area contributed by atoms with E-state index in [-0.39, 0.29) is 5.75 Å². The van der Waals surface area contributed by atoms with Crippen molar-refractivity contribution >= 4 is 10.9 Å². The van der Waals surface area contributed by atoms with Gasteiger partial charge in [-0.3, -0.25) is 0 Å². The van der Waals surface area contributed by atoms with E-state index in [0.29, 0.717) is 0 Å². The summed E-state index contributed by atoms with van der Waals surface area (Å²) in [7, 11) is 0. The lowest BCUT2D eigenvalue weighted by atomic mass is 10.1. The monoisotopic (exact) mass is 265 g/mol. The molecule has 0 radical (unpaired) electrons. The molecule has 0 amide bonds. The predicted octanol–water partition coefficient (Wildman–Crippen LogP) is 4.10. The number of ether oxygens (including phenoxy) is 1. The van der Waals surface area contributed by atoms with Gasteiger partial charge in [-0.05, 0) is 44.2 Å². The van der Waals surface area contributed by atoms with E-state index in [1.165, 1.54) is 5.39 Å². The lowest BCUT2D eigenvalue weighted by Crippen LogP contribution is -2.36. The number of benzene rings is 2. The van der Waals surface area contributed by atoms with Crippen LogP contribution in [0.25, 0.3) is 22.2 Å². The number of fused-ring (bicyclic) bond motifs is 5. The molecule has 2 aromatic carbocycles. The number of nitrogens with zero attached hydrogens (tertiary/aromatic N) is 1. The van der Waals surface area contributed by atoms with Gasteiger partial charge < -0.3 is 14.4 Å². The standard InChI is InChI=1S/C17H15NO2/c1-17(2)18-14-6-4-3-5-11(14)9-15(18)13-10-12(19)7-8-16(13)20-17/h3-10,19H,1-2H3. The minimum absolute atomic E-state index is 0.254. The van der Waals surface area contributed by atoms with E-state index >= 15 is 0 Å². The van der Waals surface area contributed by atoms with Gasteiger partial charge in [-0.25, -0.2) is 0 Å². The minimum atomic E-state index is -0.456.